The summed E-state index contributed by atoms with van der Waals surface area (Å²) in [7, 11) is 1.79. The van der Waals surface area contributed by atoms with Crippen LogP contribution in [0, 0.1) is 0 Å². The Balaban J connectivity index is 1.88. The van der Waals surface area contributed by atoms with Crippen molar-refractivity contribution in [1.82, 2.24) is 19.9 Å². The van der Waals surface area contributed by atoms with Gasteiger partial charge < -0.3 is 10.6 Å². The van der Waals surface area contributed by atoms with Crippen LogP contribution in [0.15, 0.2) is 23.0 Å². The summed E-state index contributed by atoms with van der Waals surface area (Å²) in [5.74, 6) is 0.00963. The molecule has 2 N–H and O–H groups in total. The molecule has 2 heterocycles. The number of likely N-dealkylation sites (N-methyl/N-ethyl adjacent to an activating group) is 1. The standard InChI is InChI=1S/C12H17N5OS/c1-16(6-10-3-5-19-9-10)12(18)8-17-7-11(2-4-13)14-15-17/h3,5,7,9H,2,4,6,8,13H2,1H3. The molecule has 0 saturated heterocycles. The number of amides is 1. The Labute approximate surface area is 115 Å². The Hall–Kier alpha value is -1.73. The smallest absolute Gasteiger partial charge is 0.244 e. The molecule has 102 valence electrons. The Morgan fingerprint density at radius 1 is 1.58 bits per heavy atom. The summed E-state index contributed by atoms with van der Waals surface area (Å²) in [4.78, 5) is 13.7. The number of aromatic nitrogens is 3. The predicted octanol–water partition coefficient (Wildman–Crippen LogP) is 0.499. The van der Waals surface area contributed by atoms with Crippen molar-refractivity contribution in [2.75, 3.05) is 13.6 Å². The summed E-state index contributed by atoms with van der Waals surface area (Å²) in [5, 5.41) is 11.9. The maximum atomic E-state index is 12.0. The third kappa shape index (κ3) is 3.87. The normalized spacial score (nSPS) is 10.6. The van der Waals surface area contributed by atoms with Crippen LogP contribution in [0.4, 0.5) is 0 Å². The van der Waals surface area contributed by atoms with E-state index in [1.165, 1.54) is 0 Å². The van der Waals surface area contributed by atoms with Gasteiger partial charge in [-0.25, -0.2) is 4.68 Å². The van der Waals surface area contributed by atoms with Crippen LogP contribution in [0.3, 0.4) is 0 Å². The second-order valence-electron chi connectivity index (χ2n) is 4.33. The maximum Gasteiger partial charge on any atom is 0.244 e. The molecule has 0 aliphatic carbocycles. The fourth-order valence-electron chi connectivity index (χ4n) is 1.68. The lowest BCUT2D eigenvalue weighted by molar-refractivity contribution is -0.131. The Morgan fingerprint density at radius 3 is 3.11 bits per heavy atom. The van der Waals surface area contributed by atoms with E-state index in [-0.39, 0.29) is 12.5 Å². The number of carbonyl (C=O) groups is 1. The van der Waals surface area contributed by atoms with Crippen LogP contribution >= 0.6 is 11.3 Å². The summed E-state index contributed by atoms with van der Waals surface area (Å²) >= 11 is 1.63. The van der Waals surface area contributed by atoms with Crippen LogP contribution in [0.25, 0.3) is 0 Å². The molecule has 2 aromatic rings. The Kier molecular flexibility index (Phi) is 4.64. The Bertz CT molecular complexity index is 522. The van der Waals surface area contributed by atoms with Crippen molar-refractivity contribution in [2.45, 2.75) is 19.5 Å². The van der Waals surface area contributed by atoms with Crippen LogP contribution in [0.2, 0.25) is 0 Å². The second-order valence-corrected chi connectivity index (χ2v) is 5.11. The molecule has 2 rings (SSSR count). The zero-order valence-corrected chi connectivity index (χ0v) is 11.6. The monoisotopic (exact) mass is 279 g/mol. The number of nitrogens with two attached hydrogens (primary N) is 1. The lowest BCUT2D eigenvalue weighted by atomic mass is 10.3. The topological polar surface area (TPSA) is 77.0 Å². The quantitative estimate of drug-likeness (QED) is 0.835. The minimum atomic E-state index is 0.00963. The SMILES string of the molecule is CN(Cc1ccsc1)C(=O)Cn1cc(CCN)nn1. The molecule has 2 aromatic heterocycles. The van der Waals surface area contributed by atoms with E-state index < -0.39 is 0 Å². The number of thiophene rings is 1. The predicted molar refractivity (Wildman–Crippen MR) is 73.6 cm³/mol. The first-order valence-electron chi connectivity index (χ1n) is 6.03. The van der Waals surface area contributed by atoms with E-state index in [0.717, 1.165) is 11.3 Å². The average Bonchev–Trinajstić information content (AvgIpc) is 3.02. The van der Waals surface area contributed by atoms with Gasteiger partial charge in [-0.1, -0.05) is 5.21 Å². The molecule has 0 radical (unpaired) electrons. The molecule has 0 unspecified atom stereocenters. The van der Waals surface area contributed by atoms with Crippen molar-refractivity contribution < 1.29 is 4.79 Å². The largest absolute Gasteiger partial charge is 0.340 e. The van der Waals surface area contributed by atoms with Crippen molar-refractivity contribution in [3.05, 3.63) is 34.3 Å². The van der Waals surface area contributed by atoms with E-state index in [1.807, 2.05) is 16.8 Å². The first-order chi connectivity index (χ1) is 9.19. The Morgan fingerprint density at radius 2 is 2.42 bits per heavy atom. The molecule has 0 aliphatic rings. The fourth-order valence-corrected chi connectivity index (χ4v) is 2.34. The van der Waals surface area contributed by atoms with Gasteiger partial charge in [0.2, 0.25) is 5.91 Å². The van der Waals surface area contributed by atoms with Gasteiger partial charge in [0.15, 0.2) is 0 Å². The third-order valence-electron chi connectivity index (χ3n) is 2.71. The summed E-state index contributed by atoms with van der Waals surface area (Å²) < 4.78 is 1.55. The number of carbonyl (C=O) groups excluding carboxylic acids is 1. The van der Waals surface area contributed by atoms with Crippen molar-refractivity contribution >= 4 is 17.2 Å². The first-order valence-corrected chi connectivity index (χ1v) is 6.97. The lowest BCUT2D eigenvalue weighted by Gasteiger charge is -2.16. The number of rotatable bonds is 6. The van der Waals surface area contributed by atoms with Gasteiger partial charge in [0.05, 0.1) is 5.69 Å². The van der Waals surface area contributed by atoms with Gasteiger partial charge in [0.1, 0.15) is 6.54 Å². The van der Waals surface area contributed by atoms with Crippen LogP contribution in [-0.4, -0.2) is 39.4 Å². The van der Waals surface area contributed by atoms with Gasteiger partial charge in [-0.3, -0.25) is 4.79 Å². The minimum absolute atomic E-state index is 0.00963. The number of hydrogen-bond donors (Lipinski definition) is 1. The van der Waals surface area contributed by atoms with E-state index in [2.05, 4.69) is 10.3 Å². The molecule has 6 nitrogen and oxygen atoms in total. The molecule has 19 heavy (non-hydrogen) atoms. The van der Waals surface area contributed by atoms with Gasteiger partial charge in [0, 0.05) is 26.2 Å². The molecule has 0 aliphatic heterocycles. The molecule has 7 heteroatoms. The van der Waals surface area contributed by atoms with Crippen molar-refractivity contribution in [3.63, 3.8) is 0 Å². The van der Waals surface area contributed by atoms with Crippen LogP contribution in [-0.2, 0) is 24.3 Å². The maximum absolute atomic E-state index is 12.0. The zero-order valence-electron chi connectivity index (χ0n) is 10.8. The average molecular weight is 279 g/mol. The fraction of sp³-hybridized carbons (Fsp3) is 0.417. The highest BCUT2D eigenvalue weighted by atomic mass is 32.1. The molecule has 0 saturated carbocycles. The first kappa shape index (κ1) is 13.7. The molecule has 0 aromatic carbocycles. The molecule has 0 fully saturated rings. The van der Waals surface area contributed by atoms with Crippen molar-refractivity contribution in [2.24, 2.45) is 5.73 Å². The highest BCUT2D eigenvalue weighted by Crippen LogP contribution is 2.08. The van der Waals surface area contributed by atoms with Crippen molar-refractivity contribution in [3.8, 4) is 0 Å². The van der Waals surface area contributed by atoms with E-state index in [4.69, 9.17) is 5.73 Å². The minimum Gasteiger partial charge on any atom is -0.340 e. The van der Waals surface area contributed by atoms with E-state index in [0.29, 0.717) is 19.5 Å². The highest BCUT2D eigenvalue weighted by Gasteiger charge is 2.11. The van der Waals surface area contributed by atoms with E-state index >= 15 is 0 Å². The van der Waals surface area contributed by atoms with Crippen LogP contribution in [0.5, 0.6) is 0 Å². The van der Waals surface area contributed by atoms with E-state index in [1.54, 1.807) is 34.2 Å². The van der Waals surface area contributed by atoms with Gasteiger partial charge >= 0.3 is 0 Å². The number of nitrogens with zero attached hydrogens (tertiary/aromatic N) is 4. The molecule has 0 bridgehead atoms. The summed E-state index contributed by atoms with van der Waals surface area (Å²) in [6, 6.07) is 2.02. The van der Waals surface area contributed by atoms with Crippen molar-refractivity contribution in [1.29, 1.82) is 0 Å². The summed E-state index contributed by atoms with van der Waals surface area (Å²) in [6.07, 6.45) is 2.45. The summed E-state index contributed by atoms with van der Waals surface area (Å²) in [5.41, 5.74) is 7.40. The second kappa shape index (κ2) is 6.44. The third-order valence-corrected chi connectivity index (χ3v) is 3.44. The lowest BCUT2D eigenvalue weighted by Crippen LogP contribution is -2.29. The zero-order chi connectivity index (χ0) is 13.7. The van der Waals surface area contributed by atoms with E-state index in [9.17, 15) is 4.79 Å². The molecule has 0 atom stereocenters. The van der Waals surface area contributed by atoms with Gasteiger partial charge in [-0.05, 0) is 28.9 Å². The van der Waals surface area contributed by atoms with Gasteiger partial charge in [0.25, 0.3) is 0 Å². The number of hydrogen-bond acceptors (Lipinski definition) is 5. The van der Waals surface area contributed by atoms with Crippen LogP contribution in [0.1, 0.15) is 11.3 Å². The molecule has 0 spiro atoms. The van der Waals surface area contributed by atoms with Crippen LogP contribution < -0.4 is 5.73 Å². The van der Waals surface area contributed by atoms with Gasteiger partial charge in [-0.2, -0.15) is 11.3 Å². The molecule has 1 amide bonds. The molecular weight excluding hydrogens is 262 g/mol. The van der Waals surface area contributed by atoms with Gasteiger partial charge in [-0.15, -0.1) is 5.10 Å². The summed E-state index contributed by atoms with van der Waals surface area (Å²) in [6.45, 7) is 1.36. The highest BCUT2D eigenvalue weighted by molar-refractivity contribution is 7.07. The molecular formula is C12H17N5OS.